The van der Waals surface area contributed by atoms with Crippen molar-refractivity contribution in [2.24, 2.45) is 11.8 Å². The molecule has 1 rings (SSSR count). The maximum atomic E-state index is 12.2. The lowest BCUT2D eigenvalue weighted by atomic mass is 10.0. The third kappa shape index (κ3) is 5.12. The van der Waals surface area contributed by atoms with Gasteiger partial charge in [0.2, 0.25) is 5.91 Å². The van der Waals surface area contributed by atoms with Gasteiger partial charge in [-0.2, -0.15) is 0 Å². The van der Waals surface area contributed by atoms with E-state index in [-0.39, 0.29) is 23.7 Å². The van der Waals surface area contributed by atoms with E-state index in [2.05, 4.69) is 10.2 Å². The number of carbonyl (C=O) groups is 2. The van der Waals surface area contributed by atoms with E-state index in [1.165, 1.54) is 0 Å². The van der Waals surface area contributed by atoms with Crippen molar-refractivity contribution in [2.75, 3.05) is 20.1 Å². The van der Waals surface area contributed by atoms with Gasteiger partial charge in [0.15, 0.2) is 0 Å². The molecule has 116 valence electrons. The van der Waals surface area contributed by atoms with Crippen molar-refractivity contribution in [3.63, 3.8) is 0 Å². The molecule has 0 aromatic heterocycles. The fourth-order valence-corrected chi connectivity index (χ4v) is 2.28. The number of amides is 1. The van der Waals surface area contributed by atoms with Crippen LogP contribution in [-0.2, 0) is 14.3 Å². The average Bonchev–Trinajstić information content (AvgIpc) is 2.69. The van der Waals surface area contributed by atoms with Crippen LogP contribution in [0.3, 0.4) is 0 Å². The highest BCUT2D eigenvalue weighted by Gasteiger charge is 2.33. The lowest BCUT2D eigenvalue weighted by Gasteiger charge is -2.27. The van der Waals surface area contributed by atoms with Gasteiger partial charge in [-0.1, -0.05) is 13.8 Å². The molecule has 1 saturated heterocycles. The summed E-state index contributed by atoms with van der Waals surface area (Å²) >= 11 is 0. The fraction of sp³-hybridized carbons (Fsp3) is 0.867. The summed E-state index contributed by atoms with van der Waals surface area (Å²) < 4.78 is 5.38. The molecule has 0 radical (unpaired) electrons. The Morgan fingerprint density at radius 1 is 1.30 bits per heavy atom. The van der Waals surface area contributed by atoms with Crippen LogP contribution >= 0.6 is 0 Å². The van der Waals surface area contributed by atoms with Crippen molar-refractivity contribution in [3.8, 4) is 0 Å². The molecule has 20 heavy (non-hydrogen) atoms. The van der Waals surface area contributed by atoms with Crippen LogP contribution in [0.5, 0.6) is 0 Å². The fourth-order valence-electron chi connectivity index (χ4n) is 2.28. The standard InChI is InChI=1S/C15H28N2O3/c1-10(2)12(14(19)20-15(3,4)5)16-13(18)11-7-8-17(6)9-11/h10-12H,7-9H2,1-6H3,(H,16,18)/t11-,12-/m0/s1. The number of nitrogens with zero attached hydrogens (tertiary/aromatic N) is 1. The molecule has 0 spiro atoms. The molecule has 0 saturated carbocycles. The SMILES string of the molecule is CC(C)[C@H](NC(=O)[C@H]1CCN(C)C1)C(=O)OC(C)(C)C. The van der Waals surface area contributed by atoms with Crippen LogP contribution in [0.25, 0.3) is 0 Å². The van der Waals surface area contributed by atoms with E-state index in [0.717, 1.165) is 19.5 Å². The number of likely N-dealkylation sites (tertiary alicyclic amines) is 1. The van der Waals surface area contributed by atoms with Gasteiger partial charge in [0.25, 0.3) is 0 Å². The molecular weight excluding hydrogens is 256 g/mol. The van der Waals surface area contributed by atoms with Crippen LogP contribution in [0.4, 0.5) is 0 Å². The van der Waals surface area contributed by atoms with E-state index in [9.17, 15) is 9.59 Å². The zero-order chi connectivity index (χ0) is 15.5. The van der Waals surface area contributed by atoms with Crippen LogP contribution in [0.1, 0.15) is 41.0 Å². The summed E-state index contributed by atoms with van der Waals surface area (Å²) in [5, 5.41) is 2.86. The molecule has 1 N–H and O–H groups in total. The Bertz CT molecular complexity index is 361. The van der Waals surface area contributed by atoms with E-state index in [0.29, 0.717) is 0 Å². The second-order valence-electron chi connectivity index (χ2n) is 7.01. The summed E-state index contributed by atoms with van der Waals surface area (Å²) in [7, 11) is 2.00. The number of ether oxygens (including phenoxy) is 1. The van der Waals surface area contributed by atoms with E-state index in [4.69, 9.17) is 4.74 Å². The normalized spacial score (nSPS) is 21.9. The highest BCUT2D eigenvalue weighted by Crippen LogP contribution is 2.17. The Hall–Kier alpha value is -1.10. The molecule has 0 aromatic carbocycles. The number of nitrogens with one attached hydrogen (secondary N) is 1. The number of rotatable bonds is 4. The Kier molecular flexibility index (Phi) is 5.57. The number of hydrogen-bond donors (Lipinski definition) is 1. The zero-order valence-corrected chi connectivity index (χ0v) is 13.5. The molecule has 1 fully saturated rings. The van der Waals surface area contributed by atoms with Crippen LogP contribution in [0.2, 0.25) is 0 Å². The second-order valence-corrected chi connectivity index (χ2v) is 7.01. The van der Waals surface area contributed by atoms with Crippen molar-refractivity contribution >= 4 is 11.9 Å². The highest BCUT2D eigenvalue weighted by atomic mass is 16.6. The summed E-state index contributed by atoms with van der Waals surface area (Å²) in [5.41, 5.74) is -0.539. The second kappa shape index (κ2) is 6.57. The largest absolute Gasteiger partial charge is 0.458 e. The van der Waals surface area contributed by atoms with Gasteiger partial charge in [0.05, 0.1) is 5.92 Å². The first-order chi connectivity index (χ1) is 9.10. The summed E-state index contributed by atoms with van der Waals surface area (Å²) in [6, 6.07) is -0.576. The highest BCUT2D eigenvalue weighted by molar-refractivity contribution is 5.86. The molecule has 1 aliphatic heterocycles. The van der Waals surface area contributed by atoms with Gasteiger partial charge in [0, 0.05) is 6.54 Å². The first-order valence-corrected chi connectivity index (χ1v) is 7.32. The average molecular weight is 284 g/mol. The maximum absolute atomic E-state index is 12.2. The zero-order valence-electron chi connectivity index (χ0n) is 13.5. The predicted molar refractivity (Wildman–Crippen MR) is 78.2 cm³/mol. The van der Waals surface area contributed by atoms with E-state index in [1.807, 2.05) is 41.7 Å². The summed E-state index contributed by atoms with van der Waals surface area (Å²) in [6.45, 7) is 11.0. The Morgan fingerprint density at radius 2 is 1.90 bits per heavy atom. The first-order valence-electron chi connectivity index (χ1n) is 7.32. The quantitative estimate of drug-likeness (QED) is 0.793. The lowest BCUT2D eigenvalue weighted by molar-refractivity contribution is -0.160. The third-order valence-corrected chi connectivity index (χ3v) is 3.39. The monoisotopic (exact) mass is 284 g/mol. The van der Waals surface area contributed by atoms with Gasteiger partial charge in [-0.25, -0.2) is 4.79 Å². The molecule has 2 atom stereocenters. The molecule has 0 unspecified atom stereocenters. The van der Waals surface area contributed by atoms with Crippen LogP contribution < -0.4 is 5.32 Å². The van der Waals surface area contributed by atoms with Crippen LogP contribution in [0.15, 0.2) is 0 Å². The van der Waals surface area contributed by atoms with Crippen molar-refractivity contribution in [3.05, 3.63) is 0 Å². The van der Waals surface area contributed by atoms with Crippen LogP contribution in [-0.4, -0.2) is 48.6 Å². The molecular formula is C15H28N2O3. The van der Waals surface area contributed by atoms with Crippen LogP contribution in [0, 0.1) is 11.8 Å². The molecule has 1 aliphatic rings. The molecule has 5 nitrogen and oxygen atoms in total. The van der Waals surface area contributed by atoms with Gasteiger partial charge < -0.3 is 15.0 Å². The molecule has 0 aliphatic carbocycles. The minimum Gasteiger partial charge on any atom is -0.458 e. The summed E-state index contributed by atoms with van der Waals surface area (Å²) in [6.07, 6.45) is 0.849. The van der Waals surface area contributed by atoms with Crippen molar-refractivity contribution < 1.29 is 14.3 Å². The molecule has 5 heteroatoms. The Morgan fingerprint density at radius 3 is 2.30 bits per heavy atom. The predicted octanol–water partition coefficient (Wildman–Crippen LogP) is 1.42. The van der Waals surface area contributed by atoms with Gasteiger partial charge in [-0.15, -0.1) is 0 Å². The third-order valence-electron chi connectivity index (χ3n) is 3.39. The summed E-state index contributed by atoms with van der Waals surface area (Å²) in [5.74, 6) is -0.414. The number of carbonyl (C=O) groups excluding carboxylic acids is 2. The van der Waals surface area contributed by atoms with Crippen molar-refractivity contribution in [1.29, 1.82) is 0 Å². The topological polar surface area (TPSA) is 58.6 Å². The smallest absolute Gasteiger partial charge is 0.329 e. The van der Waals surface area contributed by atoms with Crippen molar-refractivity contribution in [2.45, 2.75) is 52.7 Å². The lowest BCUT2D eigenvalue weighted by Crippen LogP contribution is -2.49. The number of hydrogen-bond acceptors (Lipinski definition) is 4. The summed E-state index contributed by atoms with van der Waals surface area (Å²) in [4.78, 5) is 26.5. The Labute approximate surface area is 122 Å². The first kappa shape index (κ1) is 17.0. The molecule has 1 heterocycles. The van der Waals surface area contributed by atoms with E-state index < -0.39 is 11.6 Å². The molecule has 0 aromatic rings. The van der Waals surface area contributed by atoms with Gasteiger partial charge >= 0.3 is 5.97 Å². The number of esters is 1. The minimum absolute atomic E-state index is 0.00735. The minimum atomic E-state index is -0.576. The molecule has 0 bridgehead atoms. The molecule has 1 amide bonds. The van der Waals surface area contributed by atoms with Gasteiger partial charge in [-0.05, 0) is 46.7 Å². The van der Waals surface area contributed by atoms with Crippen molar-refractivity contribution in [1.82, 2.24) is 10.2 Å². The van der Waals surface area contributed by atoms with Gasteiger partial charge in [-0.3, -0.25) is 4.79 Å². The van der Waals surface area contributed by atoms with E-state index >= 15 is 0 Å². The Balaban J connectivity index is 2.63. The van der Waals surface area contributed by atoms with E-state index in [1.54, 1.807) is 0 Å². The van der Waals surface area contributed by atoms with Gasteiger partial charge in [0.1, 0.15) is 11.6 Å². The maximum Gasteiger partial charge on any atom is 0.329 e.